The molecule has 0 aliphatic heterocycles. The Morgan fingerprint density at radius 1 is 1.50 bits per heavy atom. The quantitative estimate of drug-likeness (QED) is 0.464. The number of nitrogens with one attached hydrogen (secondary N) is 1. The minimum atomic E-state index is -0.412. The van der Waals surface area contributed by atoms with Crippen molar-refractivity contribution < 1.29 is 14.4 Å². The van der Waals surface area contributed by atoms with E-state index in [1.165, 1.54) is 12.1 Å². The van der Waals surface area contributed by atoms with Crippen molar-refractivity contribution in [2.75, 3.05) is 26.1 Å². The predicted molar refractivity (Wildman–Crippen MR) is 61.2 cm³/mol. The summed E-state index contributed by atoms with van der Waals surface area (Å²) in [7, 11) is 1.54. The van der Waals surface area contributed by atoms with Gasteiger partial charge in [-0.25, -0.2) is 5.48 Å². The van der Waals surface area contributed by atoms with Gasteiger partial charge in [0.05, 0.1) is 18.8 Å². The molecule has 0 fully saturated rings. The van der Waals surface area contributed by atoms with Gasteiger partial charge in [0.15, 0.2) is 0 Å². The number of anilines is 1. The van der Waals surface area contributed by atoms with Gasteiger partial charge >= 0.3 is 0 Å². The van der Waals surface area contributed by atoms with E-state index in [4.69, 9.17) is 26.9 Å². The predicted octanol–water partition coefficient (Wildman–Crippen LogP) is 1.23. The third-order valence-corrected chi connectivity index (χ3v) is 2.05. The number of hydrogen-bond donors (Lipinski definition) is 2. The minimum Gasteiger partial charge on any atom is -0.398 e. The number of ether oxygens (including phenoxy) is 1. The van der Waals surface area contributed by atoms with Crippen LogP contribution in [-0.4, -0.2) is 26.2 Å². The molecule has 16 heavy (non-hydrogen) atoms. The molecule has 0 radical (unpaired) electrons. The van der Waals surface area contributed by atoms with E-state index in [9.17, 15) is 4.79 Å². The van der Waals surface area contributed by atoms with Crippen LogP contribution in [0.3, 0.4) is 0 Å². The minimum absolute atomic E-state index is 0.274. The van der Waals surface area contributed by atoms with E-state index in [0.717, 1.165) is 0 Å². The number of methoxy groups -OCH3 is 1. The van der Waals surface area contributed by atoms with Gasteiger partial charge < -0.3 is 10.5 Å². The Morgan fingerprint density at radius 2 is 2.25 bits per heavy atom. The molecule has 0 saturated heterocycles. The van der Waals surface area contributed by atoms with Crippen LogP contribution < -0.4 is 11.2 Å². The van der Waals surface area contributed by atoms with Crippen molar-refractivity contribution in [2.45, 2.75) is 0 Å². The number of halogens is 1. The molecule has 3 N–H and O–H groups in total. The lowest BCUT2D eigenvalue weighted by Gasteiger charge is -2.07. The molecule has 0 atom stereocenters. The van der Waals surface area contributed by atoms with Gasteiger partial charge in [0.2, 0.25) is 0 Å². The number of carbonyl (C=O) groups excluding carboxylic acids is 1. The number of amides is 1. The number of nitrogens with two attached hydrogens (primary N) is 1. The molecule has 0 aliphatic carbocycles. The second kappa shape index (κ2) is 6.32. The molecular formula is C10H13ClN2O3. The first-order valence-corrected chi connectivity index (χ1v) is 4.99. The van der Waals surface area contributed by atoms with Gasteiger partial charge in [0.25, 0.3) is 5.91 Å². The third kappa shape index (κ3) is 3.69. The Hall–Kier alpha value is -1.30. The van der Waals surface area contributed by atoms with Gasteiger partial charge in [-0.2, -0.15) is 0 Å². The highest BCUT2D eigenvalue weighted by Gasteiger charge is 2.09. The van der Waals surface area contributed by atoms with Crippen LogP contribution in [0.2, 0.25) is 5.02 Å². The van der Waals surface area contributed by atoms with E-state index < -0.39 is 5.91 Å². The van der Waals surface area contributed by atoms with Gasteiger partial charge in [-0.05, 0) is 18.2 Å². The van der Waals surface area contributed by atoms with Crippen molar-refractivity contribution in [1.29, 1.82) is 0 Å². The maximum absolute atomic E-state index is 11.5. The molecule has 0 bridgehead atoms. The molecule has 0 saturated carbocycles. The topological polar surface area (TPSA) is 73.6 Å². The second-order valence-electron chi connectivity index (χ2n) is 3.00. The Morgan fingerprint density at radius 3 is 2.88 bits per heavy atom. The molecule has 5 nitrogen and oxygen atoms in total. The number of benzene rings is 1. The zero-order valence-corrected chi connectivity index (χ0v) is 9.58. The fourth-order valence-electron chi connectivity index (χ4n) is 1.04. The van der Waals surface area contributed by atoms with E-state index in [1.54, 1.807) is 13.2 Å². The van der Waals surface area contributed by atoms with Crippen LogP contribution in [0.25, 0.3) is 0 Å². The van der Waals surface area contributed by atoms with E-state index in [1.807, 2.05) is 0 Å². The van der Waals surface area contributed by atoms with Gasteiger partial charge in [-0.1, -0.05) is 11.6 Å². The summed E-state index contributed by atoms with van der Waals surface area (Å²) in [6, 6.07) is 4.63. The number of carbonyl (C=O) groups is 1. The standard InChI is InChI=1S/C10H13ClN2O3/c1-15-4-5-16-13-10(14)8-3-2-7(11)6-9(8)12/h2-3,6H,4-5,12H2,1H3,(H,13,14). The second-order valence-corrected chi connectivity index (χ2v) is 3.44. The van der Waals surface area contributed by atoms with E-state index in [-0.39, 0.29) is 6.61 Å². The lowest BCUT2D eigenvalue weighted by molar-refractivity contribution is 0.00894. The molecular weight excluding hydrogens is 232 g/mol. The summed E-state index contributed by atoms with van der Waals surface area (Å²) in [4.78, 5) is 16.4. The van der Waals surface area contributed by atoms with E-state index >= 15 is 0 Å². The largest absolute Gasteiger partial charge is 0.398 e. The summed E-state index contributed by atoms with van der Waals surface area (Å²) < 4.78 is 4.75. The van der Waals surface area contributed by atoms with Crippen LogP contribution in [0.15, 0.2) is 18.2 Å². The fraction of sp³-hybridized carbons (Fsp3) is 0.300. The van der Waals surface area contributed by atoms with Gasteiger partial charge in [-0.15, -0.1) is 0 Å². The van der Waals surface area contributed by atoms with Crippen molar-refractivity contribution >= 4 is 23.2 Å². The molecule has 1 rings (SSSR count). The SMILES string of the molecule is COCCONC(=O)c1ccc(Cl)cc1N. The molecule has 1 aromatic rings. The van der Waals surface area contributed by atoms with Crippen molar-refractivity contribution in [3.05, 3.63) is 28.8 Å². The molecule has 0 unspecified atom stereocenters. The Balaban J connectivity index is 2.53. The molecule has 0 aliphatic rings. The average Bonchev–Trinajstić information content (AvgIpc) is 2.24. The highest BCUT2D eigenvalue weighted by atomic mass is 35.5. The molecule has 0 aromatic heterocycles. The summed E-state index contributed by atoms with van der Waals surface area (Å²) in [6.07, 6.45) is 0. The van der Waals surface area contributed by atoms with E-state index in [2.05, 4.69) is 5.48 Å². The maximum atomic E-state index is 11.5. The van der Waals surface area contributed by atoms with Gasteiger partial charge in [-0.3, -0.25) is 9.63 Å². The zero-order chi connectivity index (χ0) is 12.0. The summed E-state index contributed by atoms with van der Waals surface area (Å²) in [6.45, 7) is 0.673. The van der Waals surface area contributed by atoms with Gasteiger partial charge in [0, 0.05) is 17.8 Å². The van der Waals surface area contributed by atoms with Crippen LogP contribution in [-0.2, 0) is 9.57 Å². The first-order chi connectivity index (χ1) is 7.65. The van der Waals surface area contributed by atoms with Crippen LogP contribution in [0.4, 0.5) is 5.69 Å². The Bertz CT molecular complexity index is 371. The number of hydrogen-bond acceptors (Lipinski definition) is 4. The molecule has 0 spiro atoms. The summed E-state index contributed by atoms with van der Waals surface area (Å²) in [5.74, 6) is -0.412. The molecule has 1 amide bonds. The average molecular weight is 245 g/mol. The van der Waals surface area contributed by atoms with Crippen LogP contribution in [0.1, 0.15) is 10.4 Å². The molecule has 1 aromatic carbocycles. The number of rotatable bonds is 5. The number of hydroxylamine groups is 1. The summed E-state index contributed by atoms with van der Waals surface area (Å²) in [5, 5.41) is 0.481. The van der Waals surface area contributed by atoms with Crippen molar-refractivity contribution in [1.82, 2.24) is 5.48 Å². The lowest BCUT2D eigenvalue weighted by atomic mass is 10.2. The summed E-state index contributed by atoms with van der Waals surface area (Å²) >= 11 is 5.71. The smallest absolute Gasteiger partial charge is 0.276 e. The first kappa shape index (κ1) is 12.8. The van der Waals surface area contributed by atoms with Crippen molar-refractivity contribution in [3.8, 4) is 0 Å². The van der Waals surface area contributed by atoms with Crippen molar-refractivity contribution in [2.24, 2.45) is 0 Å². The fourth-order valence-corrected chi connectivity index (χ4v) is 1.22. The molecule has 88 valence electrons. The van der Waals surface area contributed by atoms with Crippen LogP contribution in [0, 0.1) is 0 Å². The van der Waals surface area contributed by atoms with E-state index in [0.29, 0.717) is 22.9 Å². The maximum Gasteiger partial charge on any atom is 0.276 e. The number of nitrogen functional groups attached to an aromatic ring is 1. The monoisotopic (exact) mass is 244 g/mol. The first-order valence-electron chi connectivity index (χ1n) is 4.61. The Labute approximate surface area is 98.4 Å². The van der Waals surface area contributed by atoms with Crippen LogP contribution >= 0.6 is 11.6 Å². The lowest BCUT2D eigenvalue weighted by Crippen LogP contribution is -2.26. The van der Waals surface area contributed by atoms with Crippen LogP contribution in [0.5, 0.6) is 0 Å². The highest BCUT2D eigenvalue weighted by molar-refractivity contribution is 6.31. The highest BCUT2D eigenvalue weighted by Crippen LogP contribution is 2.17. The third-order valence-electron chi connectivity index (χ3n) is 1.81. The molecule has 0 heterocycles. The van der Waals surface area contributed by atoms with Gasteiger partial charge in [0.1, 0.15) is 0 Å². The normalized spacial score (nSPS) is 10.1. The van der Waals surface area contributed by atoms with Crippen molar-refractivity contribution in [3.63, 3.8) is 0 Å². The Kier molecular flexibility index (Phi) is 5.04. The zero-order valence-electron chi connectivity index (χ0n) is 8.83. The molecule has 6 heteroatoms. The summed E-state index contributed by atoms with van der Waals surface area (Å²) in [5.41, 5.74) is 8.51.